The molecule has 2 aromatic carbocycles. The maximum atomic E-state index is 12.9. The molecule has 0 atom stereocenters. The normalized spacial score (nSPS) is 14.4. The van der Waals surface area contributed by atoms with E-state index in [1.165, 1.54) is 0 Å². The fraction of sp³-hybridized carbons (Fsp3) is 0.321. The third kappa shape index (κ3) is 7.97. The lowest BCUT2D eigenvalue weighted by molar-refractivity contribution is -0.147. The van der Waals surface area contributed by atoms with Gasteiger partial charge in [0.1, 0.15) is 13.2 Å². The van der Waals surface area contributed by atoms with Crippen molar-refractivity contribution in [1.82, 2.24) is 4.90 Å². The zero-order valence-electron chi connectivity index (χ0n) is 21.1. The van der Waals surface area contributed by atoms with Crippen LogP contribution in [0.5, 0.6) is 11.5 Å². The van der Waals surface area contributed by atoms with Crippen molar-refractivity contribution >= 4 is 50.9 Å². The average molecular weight is 589 g/mol. The Morgan fingerprint density at radius 3 is 2.54 bits per heavy atom. The number of amides is 2. The summed E-state index contributed by atoms with van der Waals surface area (Å²) < 4.78 is 18.2. The summed E-state index contributed by atoms with van der Waals surface area (Å²) in [5.41, 5.74) is 2.50. The Morgan fingerprint density at radius 1 is 1.16 bits per heavy atom. The molecule has 0 unspecified atom stereocenters. The largest absolute Gasteiger partial charge is 0.490 e. The van der Waals surface area contributed by atoms with E-state index in [1.807, 2.05) is 51.1 Å². The number of nitrogens with zero attached hydrogens (tertiary/aromatic N) is 1. The lowest BCUT2D eigenvalue weighted by Gasteiger charge is -2.17. The number of imide groups is 1. The molecule has 1 fully saturated rings. The molecule has 1 aliphatic heterocycles. The first kappa shape index (κ1) is 28.5. The predicted octanol–water partition coefficient (Wildman–Crippen LogP) is 6.39. The molecule has 0 aromatic heterocycles. The van der Waals surface area contributed by atoms with Crippen molar-refractivity contribution < 1.29 is 28.6 Å². The summed E-state index contributed by atoms with van der Waals surface area (Å²) in [7, 11) is 0. The standard InChI is InChI=1S/C28H30BrNO6S/c1-5-7-21-12-20(13-23(34-6-2)26(21)36-17-19-8-10-22(29)11-9-19)14-24-27(32)30(28(33)37-24)15-25(31)35-16-18(3)4/h5,8-14,18H,1,6-7,15-17H2,2-4H3/b24-14-. The predicted molar refractivity (Wildman–Crippen MR) is 148 cm³/mol. The third-order valence-electron chi connectivity index (χ3n) is 5.15. The zero-order chi connectivity index (χ0) is 26.9. The highest BCUT2D eigenvalue weighted by atomic mass is 79.9. The minimum Gasteiger partial charge on any atom is -0.490 e. The van der Waals surface area contributed by atoms with Crippen LogP contribution in [0.15, 0.2) is 58.4 Å². The van der Waals surface area contributed by atoms with Gasteiger partial charge in [0.15, 0.2) is 11.5 Å². The highest BCUT2D eigenvalue weighted by molar-refractivity contribution is 9.10. The number of hydrogen-bond donors (Lipinski definition) is 0. The van der Waals surface area contributed by atoms with Gasteiger partial charge >= 0.3 is 5.97 Å². The maximum Gasteiger partial charge on any atom is 0.326 e. The van der Waals surface area contributed by atoms with Crippen LogP contribution < -0.4 is 9.47 Å². The van der Waals surface area contributed by atoms with E-state index in [1.54, 1.807) is 18.2 Å². The molecule has 3 rings (SSSR count). The van der Waals surface area contributed by atoms with Crippen molar-refractivity contribution in [1.29, 1.82) is 0 Å². The molecule has 0 aliphatic carbocycles. The molecule has 0 bridgehead atoms. The number of rotatable bonds is 12. The summed E-state index contributed by atoms with van der Waals surface area (Å²) in [6, 6.07) is 11.5. The minimum atomic E-state index is -0.614. The molecule has 0 spiro atoms. The Balaban J connectivity index is 1.85. The second kappa shape index (κ2) is 13.5. The van der Waals surface area contributed by atoms with E-state index in [0.29, 0.717) is 36.7 Å². The number of carbonyl (C=O) groups is 3. The smallest absolute Gasteiger partial charge is 0.326 e. The molecule has 0 saturated carbocycles. The van der Waals surface area contributed by atoms with E-state index in [4.69, 9.17) is 14.2 Å². The van der Waals surface area contributed by atoms with Gasteiger partial charge in [-0.15, -0.1) is 6.58 Å². The van der Waals surface area contributed by atoms with E-state index in [2.05, 4.69) is 22.5 Å². The van der Waals surface area contributed by atoms with Crippen LogP contribution in [-0.2, 0) is 27.4 Å². The van der Waals surface area contributed by atoms with Crippen LogP contribution in [0.1, 0.15) is 37.5 Å². The summed E-state index contributed by atoms with van der Waals surface area (Å²) >= 11 is 4.22. The first-order chi connectivity index (χ1) is 17.7. The lowest BCUT2D eigenvalue weighted by atomic mass is 10.0. The summed E-state index contributed by atoms with van der Waals surface area (Å²) in [5.74, 6) is 0.140. The van der Waals surface area contributed by atoms with Crippen molar-refractivity contribution in [2.45, 2.75) is 33.8 Å². The molecule has 37 heavy (non-hydrogen) atoms. The summed E-state index contributed by atoms with van der Waals surface area (Å²) in [5, 5.41) is -0.511. The molecule has 2 amide bonds. The highest BCUT2D eigenvalue weighted by Gasteiger charge is 2.36. The van der Waals surface area contributed by atoms with E-state index >= 15 is 0 Å². The second-order valence-electron chi connectivity index (χ2n) is 8.69. The van der Waals surface area contributed by atoms with E-state index in [0.717, 1.165) is 32.3 Å². The van der Waals surface area contributed by atoms with E-state index in [9.17, 15) is 14.4 Å². The van der Waals surface area contributed by atoms with Crippen LogP contribution in [-0.4, -0.2) is 41.8 Å². The molecule has 0 N–H and O–H groups in total. The maximum absolute atomic E-state index is 12.9. The van der Waals surface area contributed by atoms with Crippen LogP contribution in [0.3, 0.4) is 0 Å². The van der Waals surface area contributed by atoms with Crippen LogP contribution in [0.4, 0.5) is 4.79 Å². The SMILES string of the molecule is C=CCc1cc(/C=C2\SC(=O)N(CC(=O)OCC(C)C)C2=O)cc(OCC)c1OCc1ccc(Br)cc1. The lowest BCUT2D eigenvalue weighted by Crippen LogP contribution is -2.34. The topological polar surface area (TPSA) is 82.1 Å². The van der Waals surface area contributed by atoms with Gasteiger partial charge in [-0.25, -0.2) is 0 Å². The number of thioether (sulfide) groups is 1. The van der Waals surface area contributed by atoms with E-state index in [-0.39, 0.29) is 17.4 Å². The number of carbonyl (C=O) groups excluding carboxylic acids is 3. The molecular weight excluding hydrogens is 558 g/mol. The van der Waals surface area contributed by atoms with Gasteiger partial charge in [-0.2, -0.15) is 0 Å². The molecule has 9 heteroatoms. The Labute approximate surface area is 230 Å². The Hall–Kier alpha value is -3.04. The average Bonchev–Trinajstić information content (AvgIpc) is 3.11. The fourth-order valence-corrected chi connectivity index (χ4v) is 4.56. The third-order valence-corrected chi connectivity index (χ3v) is 6.59. The Bertz CT molecular complexity index is 1190. The minimum absolute atomic E-state index is 0.157. The van der Waals surface area contributed by atoms with Gasteiger partial charge in [-0.3, -0.25) is 19.3 Å². The number of ether oxygens (including phenoxy) is 3. The number of benzene rings is 2. The van der Waals surface area contributed by atoms with Gasteiger partial charge in [0.05, 0.1) is 18.1 Å². The van der Waals surface area contributed by atoms with Gasteiger partial charge in [-0.1, -0.05) is 48.0 Å². The molecular formula is C28H30BrNO6S. The van der Waals surface area contributed by atoms with Crippen molar-refractivity contribution in [2.24, 2.45) is 5.92 Å². The highest BCUT2D eigenvalue weighted by Crippen LogP contribution is 2.37. The fourth-order valence-electron chi connectivity index (χ4n) is 3.46. The van der Waals surface area contributed by atoms with Gasteiger partial charge in [-0.05, 0) is 72.5 Å². The quantitative estimate of drug-likeness (QED) is 0.161. The van der Waals surface area contributed by atoms with Crippen LogP contribution in [0.25, 0.3) is 6.08 Å². The second-order valence-corrected chi connectivity index (χ2v) is 10.6. The van der Waals surface area contributed by atoms with Crippen molar-refractivity contribution in [3.8, 4) is 11.5 Å². The first-order valence-electron chi connectivity index (χ1n) is 11.9. The summed E-state index contributed by atoms with van der Waals surface area (Å²) in [6.45, 7) is 10.1. The van der Waals surface area contributed by atoms with Crippen molar-refractivity contribution in [2.75, 3.05) is 19.8 Å². The first-order valence-corrected chi connectivity index (χ1v) is 13.5. The van der Waals surface area contributed by atoms with E-state index < -0.39 is 23.7 Å². The molecule has 1 saturated heterocycles. The zero-order valence-corrected chi connectivity index (χ0v) is 23.5. The molecule has 196 valence electrons. The van der Waals surface area contributed by atoms with Gasteiger partial charge in [0, 0.05) is 10.0 Å². The van der Waals surface area contributed by atoms with Crippen LogP contribution in [0.2, 0.25) is 0 Å². The molecule has 7 nitrogen and oxygen atoms in total. The molecule has 2 aromatic rings. The molecule has 1 aliphatic rings. The number of allylic oxidation sites excluding steroid dienone is 1. The Kier molecular flexibility index (Phi) is 10.4. The monoisotopic (exact) mass is 587 g/mol. The number of esters is 1. The molecule has 0 radical (unpaired) electrons. The van der Waals surface area contributed by atoms with Crippen LogP contribution >= 0.6 is 27.7 Å². The number of hydrogen-bond acceptors (Lipinski definition) is 7. The van der Waals surface area contributed by atoms with Crippen molar-refractivity contribution in [3.05, 3.63) is 75.1 Å². The van der Waals surface area contributed by atoms with Gasteiger partial charge in [0.2, 0.25) is 0 Å². The van der Waals surface area contributed by atoms with Crippen LogP contribution in [0, 0.1) is 5.92 Å². The Morgan fingerprint density at radius 2 is 1.89 bits per heavy atom. The number of halogens is 1. The summed E-state index contributed by atoms with van der Waals surface area (Å²) in [4.78, 5) is 38.5. The molecule has 1 heterocycles. The van der Waals surface area contributed by atoms with Gasteiger partial charge < -0.3 is 14.2 Å². The van der Waals surface area contributed by atoms with Gasteiger partial charge in [0.25, 0.3) is 11.1 Å². The van der Waals surface area contributed by atoms with Crippen molar-refractivity contribution in [3.63, 3.8) is 0 Å². The summed E-state index contributed by atoms with van der Waals surface area (Å²) in [6.07, 6.45) is 3.90.